The molecule has 1 aliphatic carbocycles. The molecular weight excluding hydrogens is 473 g/mol. The Balaban J connectivity index is 1.86. The van der Waals surface area contributed by atoms with E-state index in [-0.39, 0.29) is 18.5 Å². The summed E-state index contributed by atoms with van der Waals surface area (Å²) in [6.07, 6.45) is 4.89. The van der Waals surface area contributed by atoms with Crippen molar-refractivity contribution in [2.45, 2.75) is 51.2 Å². The van der Waals surface area contributed by atoms with Gasteiger partial charge in [0.15, 0.2) is 0 Å². The fourth-order valence-corrected chi connectivity index (χ4v) is 4.97. The van der Waals surface area contributed by atoms with Crippen molar-refractivity contribution in [3.63, 3.8) is 0 Å². The Morgan fingerprint density at radius 1 is 1.09 bits per heavy atom. The number of sulfonamides is 1. The van der Waals surface area contributed by atoms with Crippen molar-refractivity contribution in [1.82, 2.24) is 10.2 Å². The summed E-state index contributed by atoms with van der Waals surface area (Å²) in [5, 5.41) is 3.00. The van der Waals surface area contributed by atoms with Crippen LogP contribution in [0.25, 0.3) is 0 Å². The van der Waals surface area contributed by atoms with Gasteiger partial charge in [-0.2, -0.15) is 0 Å². The van der Waals surface area contributed by atoms with E-state index in [0.29, 0.717) is 17.0 Å². The van der Waals surface area contributed by atoms with Gasteiger partial charge in [0.1, 0.15) is 24.2 Å². The third-order valence-corrected chi connectivity index (χ3v) is 7.32. The monoisotopic (exact) mass is 505 g/mol. The van der Waals surface area contributed by atoms with E-state index in [1.165, 1.54) is 36.3 Å². The summed E-state index contributed by atoms with van der Waals surface area (Å²) in [6, 6.07) is 11.1. The number of carbonyl (C=O) groups is 2. The minimum Gasteiger partial charge on any atom is -0.497 e. The molecule has 1 saturated carbocycles. The molecule has 0 radical (unpaired) electrons. The molecule has 0 unspecified atom stereocenters. The van der Waals surface area contributed by atoms with Gasteiger partial charge < -0.3 is 15.0 Å². The van der Waals surface area contributed by atoms with Crippen molar-refractivity contribution < 1.29 is 27.1 Å². The number of amides is 2. The van der Waals surface area contributed by atoms with Gasteiger partial charge in [-0.3, -0.25) is 13.9 Å². The van der Waals surface area contributed by atoms with Crippen molar-refractivity contribution in [3.05, 3.63) is 59.9 Å². The highest BCUT2D eigenvalue weighted by Gasteiger charge is 2.31. The lowest BCUT2D eigenvalue weighted by atomic mass is 10.1. The number of benzene rings is 2. The molecule has 0 aromatic heterocycles. The van der Waals surface area contributed by atoms with Crippen LogP contribution in [0.15, 0.2) is 48.5 Å². The van der Waals surface area contributed by atoms with E-state index in [9.17, 15) is 22.4 Å². The highest BCUT2D eigenvalue weighted by Crippen LogP contribution is 2.23. The van der Waals surface area contributed by atoms with Crippen LogP contribution < -0.4 is 14.4 Å². The van der Waals surface area contributed by atoms with Crippen LogP contribution in [0.2, 0.25) is 0 Å². The summed E-state index contributed by atoms with van der Waals surface area (Å²) in [6.45, 7) is 1.15. The SMILES string of the molecule is COc1ccc(N(CC(=O)N(Cc2ccc(F)cc2)[C@H](C)C(=O)NC2CCCC2)S(C)(=O)=O)cc1. The molecule has 3 rings (SSSR count). The first-order valence-electron chi connectivity index (χ1n) is 11.5. The number of nitrogens with one attached hydrogen (secondary N) is 1. The van der Waals surface area contributed by atoms with Crippen LogP contribution in [0.5, 0.6) is 5.75 Å². The summed E-state index contributed by atoms with van der Waals surface area (Å²) >= 11 is 0. The van der Waals surface area contributed by atoms with Gasteiger partial charge in [0, 0.05) is 12.6 Å². The van der Waals surface area contributed by atoms with Crippen LogP contribution in [0.4, 0.5) is 10.1 Å². The molecule has 8 nitrogen and oxygen atoms in total. The quantitative estimate of drug-likeness (QED) is 0.535. The molecule has 1 fully saturated rings. The summed E-state index contributed by atoms with van der Waals surface area (Å²) in [7, 11) is -2.32. The second-order valence-corrected chi connectivity index (χ2v) is 10.7. The van der Waals surface area contributed by atoms with Crippen molar-refractivity contribution >= 4 is 27.5 Å². The minimum absolute atomic E-state index is 0.0264. The molecule has 1 atom stereocenters. The molecule has 0 bridgehead atoms. The first-order valence-corrected chi connectivity index (χ1v) is 13.4. The summed E-state index contributed by atoms with van der Waals surface area (Å²) < 4.78 is 44.7. The second-order valence-electron chi connectivity index (χ2n) is 8.78. The van der Waals surface area contributed by atoms with Gasteiger partial charge in [0.05, 0.1) is 19.1 Å². The topological polar surface area (TPSA) is 96.0 Å². The van der Waals surface area contributed by atoms with Gasteiger partial charge in [-0.05, 0) is 61.7 Å². The van der Waals surface area contributed by atoms with Crippen molar-refractivity contribution in [1.29, 1.82) is 0 Å². The Morgan fingerprint density at radius 3 is 2.23 bits per heavy atom. The van der Waals surface area contributed by atoms with E-state index in [2.05, 4.69) is 5.32 Å². The third kappa shape index (κ3) is 7.17. The van der Waals surface area contributed by atoms with Gasteiger partial charge in [0.2, 0.25) is 21.8 Å². The van der Waals surface area contributed by atoms with E-state index < -0.39 is 34.3 Å². The smallest absolute Gasteiger partial charge is 0.244 e. The van der Waals surface area contributed by atoms with E-state index in [1.54, 1.807) is 31.2 Å². The average Bonchev–Trinajstić information content (AvgIpc) is 3.34. The molecule has 1 aliphatic rings. The number of hydrogen-bond acceptors (Lipinski definition) is 5. The number of anilines is 1. The predicted molar refractivity (Wildman–Crippen MR) is 132 cm³/mol. The Hall–Kier alpha value is -3.14. The summed E-state index contributed by atoms with van der Waals surface area (Å²) in [5.74, 6) is -0.725. The molecule has 0 heterocycles. The maximum atomic E-state index is 13.5. The molecule has 35 heavy (non-hydrogen) atoms. The van der Waals surface area contributed by atoms with E-state index in [1.807, 2.05) is 0 Å². The number of carbonyl (C=O) groups excluding carboxylic acids is 2. The predicted octanol–water partition coefficient (Wildman–Crippen LogP) is 3.08. The van der Waals surface area contributed by atoms with Crippen LogP contribution >= 0.6 is 0 Å². The maximum absolute atomic E-state index is 13.5. The van der Waals surface area contributed by atoms with Crippen LogP contribution in [0.1, 0.15) is 38.2 Å². The zero-order chi connectivity index (χ0) is 25.6. The van der Waals surface area contributed by atoms with Crippen molar-refractivity contribution in [2.75, 3.05) is 24.2 Å². The van der Waals surface area contributed by atoms with Gasteiger partial charge in [-0.15, -0.1) is 0 Å². The number of methoxy groups -OCH3 is 1. The lowest BCUT2D eigenvalue weighted by molar-refractivity contribution is -0.139. The zero-order valence-electron chi connectivity index (χ0n) is 20.2. The molecule has 0 saturated heterocycles. The standard InChI is InChI=1S/C25H32FN3O5S/c1-18(25(31)27-21-6-4-5-7-21)28(16-19-8-10-20(26)11-9-19)24(30)17-29(35(3,32)33)22-12-14-23(34-2)15-13-22/h8-15,18,21H,4-7,16-17H2,1-3H3,(H,27,31)/t18-/m1/s1. The van der Waals surface area contributed by atoms with E-state index in [4.69, 9.17) is 4.74 Å². The van der Waals surface area contributed by atoms with E-state index in [0.717, 1.165) is 36.2 Å². The van der Waals surface area contributed by atoms with Crippen LogP contribution in [-0.4, -0.2) is 57.1 Å². The normalized spacial score (nSPS) is 14.9. The molecular formula is C25H32FN3O5S. The second kappa shape index (κ2) is 11.5. The number of halogens is 1. The van der Waals surface area contributed by atoms with Crippen LogP contribution in [0.3, 0.4) is 0 Å². The molecule has 190 valence electrons. The molecule has 2 aromatic rings. The number of rotatable bonds is 10. The Bertz CT molecular complexity index is 1120. The third-order valence-electron chi connectivity index (χ3n) is 6.17. The van der Waals surface area contributed by atoms with Gasteiger partial charge in [0.25, 0.3) is 0 Å². The first kappa shape index (κ1) is 26.5. The molecule has 2 amide bonds. The Kier molecular flexibility index (Phi) is 8.71. The lowest BCUT2D eigenvalue weighted by Gasteiger charge is -2.32. The van der Waals surface area contributed by atoms with Crippen LogP contribution in [0, 0.1) is 5.82 Å². The van der Waals surface area contributed by atoms with Gasteiger partial charge in [-0.25, -0.2) is 12.8 Å². The van der Waals surface area contributed by atoms with Gasteiger partial charge in [-0.1, -0.05) is 25.0 Å². The number of ether oxygens (including phenoxy) is 1. The Morgan fingerprint density at radius 2 is 1.69 bits per heavy atom. The number of hydrogen-bond donors (Lipinski definition) is 1. The molecule has 1 N–H and O–H groups in total. The average molecular weight is 506 g/mol. The zero-order valence-corrected chi connectivity index (χ0v) is 21.1. The minimum atomic E-state index is -3.81. The fourth-order valence-electron chi connectivity index (χ4n) is 4.12. The highest BCUT2D eigenvalue weighted by atomic mass is 32.2. The Labute approximate surface area is 206 Å². The molecule has 0 spiro atoms. The molecule has 10 heteroatoms. The molecule has 0 aliphatic heterocycles. The van der Waals surface area contributed by atoms with Crippen molar-refractivity contribution in [2.24, 2.45) is 0 Å². The molecule has 2 aromatic carbocycles. The largest absolute Gasteiger partial charge is 0.497 e. The summed E-state index contributed by atoms with van der Waals surface area (Å²) in [4.78, 5) is 27.8. The van der Waals surface area contributed by atoms with Gasteiger partial charge >= 0.3 is 0 Å². The first-order chi connectivity index (χ1) is 16.6. The lowest BCUT2D eigenvalue weighted by Crippen LogP contribution is -2.52. The summed E-state index contributed by atoms with van der Waals surface area (Å²) in [5.41, 5.74) is 0.919. The number of nitrogens with zero attached hydrogens (tertiary/aromatic N) is 2. The maximum Gasteiger partial charge on any atom is 0.244 e. The fraction of sp³-hybridized carbons (Fsp3) is 0.440. The highest BCUT2D eigenvalue weighted by molar-refractivity contribution is 7.92. The van der Waals surface area contributed by atoms with E-state index >= 15 is 0 Å². The van der Waals surface area contributed by atoms with Crippen molar-refractivity contribution in [3.8, 4) is 5.75 Å². The van der Waals surface area contributed by atoms with Crippen LogP contribution in [-0.2, 0) is 26.2 Å².